The van der Waals surface area contributed by atoms with E-state index >= 15 is 0 Å². The molecule has 4 atom stereocenters. The van der Waals surface area contributed by atoms with Crippen LogP contribution in [0.5, 0.6) is 0 Å². The van der Waals surface area contributed by atoms with Crippen molar-refractivity contribution in [3.63, 3.8) is 0 Å². The number of aromatic nitrogens is 1. The molecule has 1 saturated heterocycles. The van der Waals surface area contributed by atoms with Crippen LogP contribution in [0.1, 0.15) is 5.56 Å². The SMILES string of the molecule is OCC1C(O)C(O)C(O)CN1CCc1cn(CCNc2ccccc2)c2ccccc12. The van der Waals surface area contributed by atoms with Gasteiger partial charge in [0.05, 0.1) is 18.8 Å². The van der Waals surface area contributed by atoms with Crippen molar-refractivity contribution in [3.05, 3.63) is 66.4 Å². The molecule has 5 N–H and O–H groups in total. The van der Waals surface area contributed by atoms with Gasteiger partial charge in [-0.15, -0.1) is 0 Å². The van der Waals surface area contributed by atoms with Gasteiger partial charge in [0.1, 0.15) is 12.2 Å². The van der Waals surface area contributed by atoms with Crippen LogP contribution < -0.4 is 5.32 Å². The Morgan fingerprint density at radius 2 is 1.65 bits per heavy atom. The Morgan fingerprint density at radius 3 is 2.42 bits per heavy atom. The Bertz CT molecular complexity index is 977. The molecule has 0 spiro atoms. The molecule has 1 aliphatic rings. The molecular weight excluding hydrogens is 394 g/mol. The maximum Gasteiger partial charge on any atom is 0.109 e. The first-order valence-corrected chi connectivity index (χ1v) is 10.8. The quantitative estimate of drug-likeness (QED) is 0.370. The Morgan fingerprint density at radius 1 is 0.903 bits per heavy atom. The number of nitrogens with one attached hydrogen (secondary N) is 1. The third kappa shape index (κ3) is 4.76. The lowest BCUT2D eigenvalue weighted by molar-refractivity contribution is -0.144. The number of aliphatic hydroxyl groups is 4. The molecule has 0 saturated carbocycles. The minimum absolute atomic E-state index is 0.225. The number of rotatable bonds is 8. The van der Waals surface area contributed by atoms with E-state index in [4.69, 9.17) is 0 Å². The minimum Gasteiger partial charge on any atom is -0.395 e. The van der Waals surface area contributed by atoms with Gasteiger partial charge >= 0.3 is 0 Å². The molecule has 7 heteroatoms. The maximum atomic E-state index is 10.2. The van der Waals surface area contributed by atoms with Crippen molar-refractivity contribution >= 4 is 16.6 Å². The van der Waals surface area contributed by atoms with Crippen LogP contribution in [0.4, 0.5) is 5.69 Å². The molecule has 7 nitrogen and oxygen atoms in total. The molecule has 0 aliphatic carbocycles. The van der Waals surface area contributed by atoms with E-state index in [9.17, 15) is 20.4 Å². The van der Waals surface area contributed by atoms with E-state index in [1.807, 2.05) is 35.2 Å². The molecule has 1 fully saturated rings. The van der Waals surface area contributed by atoms with Crippen molar-refractivity contribution in [1.82, 2.24) is 9.47 Å². The first kappa shape index (κ1) is 21.8. The first-order valence-electron chi connectivity index (χ1n) is 10.8. The second kappa shape index (κ2) is 9.80. The Labute approximate surface area is 182 Å². The first-order chi connectivity index (χ1) is 15.1. The summed E-state index contributed by atoms with van der Waals surface area (Å²) in [6.07, 6.45) is -0.544. The fourth-order valence-electron chi connectivity index (χ4n) is 4.48. The van der Waals surface area contributed by atoms with Crippen molar-refractivity contribution in [2.24, 2.45) is 0 Å². The van der Waals surface area contributed by atoms with Crippen LogP contribution in [0.15, 0.2) is 60.8 Å². The molecule has 2 heterocycles. The van der Waals surface area contributed by atoms with Gasteiger partial charge in [-0.3, -0.25) is 4.90 Å². The zero-order valence-corrected chi connectivity index (χ0v) is 17.5. The van der Waals surface area contributed by atoms with Gasteiger partial charge in [-0.25, -0.2) is 0 Å². The molecule has 31 heavy (non-hydrogen) atoms. The van der Waals surface area contributed by atoms with E-state index in [-0.39, 0.29) is 13.2 Å². The number of benzene rings is 2. The number of para-hydroxylation sites is 2. The van der Waals surface area contributed by atoms with Crippen LogP contribution in [0, 0.1) is 0 Å². The largest absolute Gasteiger partial charge is 0.395 e. The summed E-state index contributed by atoms with van der Waals surface area (Å²) in [6.45, 7) is 2.16. The third-order valence-corrected chi connectivity index (χ3v) is 6.21. The summed E-state index contributed by atoms with van der Waals surface area (Å²) >= 11 is 0. The molecule has 166 valence electrons. The molecule has 0 bridgehead atoms. The summed E-state index contributed by atoms with van der Waals surface area (Å²) in [7, 11) is 0. The van der Waals surface area contributed by atoms with Crippen LogP contribution in [0.3, 0.4) is 0 Å². The summed E-state index contributed by atoms with van der Waals surface area (Å²) in [6, 6.07) is 17.8. The number of aliphatic hydroxyl groups excluding tert-OH is 4. The average molecular weight is 426 g/mol. The lowest BCUT2D eigenvalue weighted by atomic mass is 9.94. The summed E-state index contributed by atoms with van der Waals surface area (Å²) < 4.78 is 2.24. The topological polar surface area (TPSA) is 101 Å². The molecule has 4 rings (SSSR count). The van der Waals surface area contributed by atoms with Gasteiger partial charge in [0.15, 0.2) is 0 Å². The third-order valence-electron chi connectivity index (χ3n) is 6.21. The van der Waals surface area contributed by atoms with Crippen LogP contribution in [-0.2, 0) is 13.0 Å². The van der Waals surface area contributed by atoms with Crippen molar-refractivity contribution < 1.29 is 20.4 Å². The van der Waals surface area contributed by atoms with Gasteiger partial charge in [0, 0.05) is 49.0 Å². The standard InChI is InChI=1S/C24H31N3O4/c28-16-21-23(30)24(31)22(29)15-26(21)12-10-17-14-27(20-9-5-4-8-19(17)20)13-11-25-18-6-2-1-3-7-18/h1-9,14,21-25,28-31H,10-13,15-16H2. The van der Waals surface area contributed by atoms with Gasteiger partial charge in [-0.2, -0.15) is 0 Å². The van der Waals surface area contributed by atoms with Gasteiger partial charge in [0.25, 0.3) is 0 Å². The number of nitrogens with zero attached hydrogens (tertiary/aromatic N) is 2. The molecule has 3 aromatic rings. The fraction of sp³-hybridized carbons (Fsp3) is 0.417. The lowest BCUT2D eigenvalue weighted by Crippen LogP contribution is -2.62. The molecule has 1 aromatic heterocycles. The number of hydrogen-bond acceptors (Lipinski definition) is 6. The number of β-amino-alcohol motifs (C(OH)–C–C–N with tert-alkyl or cyclic N) is 1. The van der Waals surface area contributed by atoms with E-state index in [2.05, 4.69) is 40.3 Å². The van der Waals surface area contributed by atoms with E-state index in [0.29, 0.717) is 13.0 Å². The van der Waals surface area contributed by atoms with Gasteiger partial charge < -0.3 is 30.3 Å². The van der Waals surface area contributed by atoms with Crippen LogP contribution in [0.25, 0.3) is 10.9 Å². The number of anilines is 1. The number of likely N-dealkylation sites (tertiary alicyclic amines) is 1. The number of fused-ring (bicyclic) bond motifs is 1. The smallest absolute Gasteiger partial charge is 0.109 e. The average Bonchev–Trinajstić information content (AvgIpc) is 3.15. The highest BCUT2D eigenvalue weighted by Gasteiger charge is 2.40. The highest BCUT2D eigenvalue weighted by molar-refractivity contribution is 5.84. The molecule has 2 aromatic carbocycles. The summed E-state index contributed by atoms with van der Waals surface area (Å²) in [4.78, 5) is 1.87. The monoisotopic (exact) mass is 425 g/mol. The summed E-state index contributed by atoms with van der Waals surface area (Å²) in [5.41, 5.74) is 3.45. The lowest BCUT2D eigenvalue weighted by Gasteiger charge is -2.43. The Kier molecular flexibility index (Phi) is 6.89. The molecule has 0 amide bonds. The zero-order chi connectivity index (χ0) is 21.8. The summed E-state index contributed by atoms with van der Waals surface area (Å²) in [5, 5.41) is 44.5. The Hall–Kier alpha value is -2.42. The predicted octanol–water partition coefficient (Wildman–Crippen LogP) is 1.06. The second-order valence-corrected chi connectivity index (χ2v) is 8.20. The van der Waals surface area contributed by atoms with E-state index < -0.39 is 24.4 Å². The highest BCUT2D eigenvalue weighted by atomic mass is 16.4. The highest BCUT2D eigenvalue weighted by Crippen LogP contribution is 2.24. The van der Waals surface area contributed by atoms with Gasteiger partial charge in [-0.1, -0.05) is 36.4 Å². The molecular formula is C24H31N3O4. The van der Waals surface area contributed by atoms with Gasteiger partial charge in [-0.05, 0) is 30.2 Å². The Balaban J connectivity index is 1.45. The van der Waals surface area contributed by atoms with E-state index in [1.165, 1.54) is 16.5 Å². The van der Waals surface area contributed by atoms with Crippen molar-refractivity contribution in [2.45, 2.75) is 37.3 Å². The normalized spacial score (nSPS) is 24.5. The zero-order valence-electron chi connectivity index (χ0n) is 17.5. The second-order valence-electron chi connectivity index (χ2n) is 8.20. The number of hydrogen-bond donors (Lipinski definition) is 5. The van der Waals surface area contributed by atoms with Crippen LogP contribution in [0.2, 0.25) is 0 Å². The van der Waals surface area contributed by atoms with E-state index in [1.54, 1.807) is 0 Å². The predicted molar refractivity (Wildman–Crippen MR) is 121 cm³/mol. The molecule has 0 radical (unpaired) electrons. The summed E-state index contributed by atoms with van der Waals surface area (Å²) in [5.74, 6) is 0. The van der Waals surface area contributed by atoms with Crippen molar-refractivity contribution in [1.29, 1.82) is 0 Å². The molecule has 4 unspecified atom stereocenters. The van der Waals surface area contributed by atoms with Crippen molar-refractivity contribution in [3.8, 4) is 0 Å². The number of piperidine rings is 1. The van der Waals surface area contributed by atoms with Crippen molar-refractivity contribution in [2.75, 3.05) is 31.6 Å². The minimum atomic E-state index is -1.23. The fourth-order valence-corrected chi connectivity index (χ4v) is 4.48. The van der Waals surface area contributed by atoms with Gasteiger partial charge in [0.2, 0.25) is 0 Å². The molecule has 1 aliphatic heterocycles. The maximum absolute atomic E-state index is 10.2. The van der Waals surface area contributed by atoms with Crippen LogP contribution in [-0.4, -0.2) is 80.5 Å². The van der Waals surface area contributed by atoms with E-state index in [0.717, 1.165) is 18.8 Å². The van der Waals surface area contributed by atoms with Crippen LogP contribution >= 0.6 is 0 Å².